The van der Waals surface area contributed by atoms with Crippen molar-refractivity contribution in [2.75, 3.05) is 13.7 Å². The fourth-order valence-corrected chi connectivity index (χ4v) is 3.26. The van der Waals surface area contributed by atoms with Crippen molar-refractivity contribution in [3.63, 3.8) is 0 Å². The van der Waals surface area contributed by atoms with Gasteiger partial charge in [0.05, 0.1) is 13.4 Å². The number of carboxylic acid groups (broad SMARTS) is 1. The van der Waals surface area contributed by atoms with Crippen molar-refractivity contribution in [1.29, 1.82) is 0 Å². The number of ether oxygens (including phenoxy) is 1. The molecule has 0 saturated carbocycles. The van der Waals surface area contributed by atoms with Gasteiger partial charge >= 0.3 is 12.0 Å². The third-order valence-corrected chi connectivity index (χ3v) is 4.80. The summed E-state index contributed by atoms with van der Waals surface area (Å²) in [6.45, 7) is 5.79. The molecule has 3 amide bonds. The molecule has 9 heteroatoms. The van der Waals surface area contributed by atoms with E-state index in [1.54, 1.807) is 20.3 Å². The summed E-state index contributed by atoms with van der Waals surface area (Å²) in [7, 11) is 1.54. The molecule has 1 atom stereocenters. The molecular formula is C21H27N3O6. The van der Waals surface area contributed by atoms with Crippen LogP contribution in [0.25, 0.3) is 16.5 Å². The van der Waals surface area contributed by atoms with E-state index in [1.165, 1.54) is 6.08 Å². The largest absolute Gasteiger partial charge is 0.496 e. The number of methoxy groups -OCH3 is 1. The Kier molecular flexibility index (Phi) is 7.46. The molecule has 162 valence electrons. The molecule has 1 unspecified atom stereocenters. The third-order valence-electron chi connectivity index (χ3n) is 4.80. The molecule has 9 nitrogen and oxygen atoms in total. The van der Waals surface area contributed by atoms with Crippen LogP contribution in [0.2, 0.25) is 0 Å². The smallest absolute Gasteiger partial charge is 0.326 e. The number of carbonyl (C=O) groups excluding carboxylic acids is 2. The van der Waals surface area contributed by atoms with Crippen molar-refractivity contribution in [1.82, 2.24) is 10.6 Å². The SMILES string of the molecule is COc1c(/C(C)=C/C(=O)NC(CCCNC(N)=O)C(=O)O)cc2c(C)coc2c1C. The average Bonchev–Trinajstić information content (AvgIpc) is 3.04. The van der Waals surface area contributed by atoms with E-state index >= 15 is 0 Å². The summed E-state index contributed by atoms with van der Waals surface area (Å²) in [5.74, 6) is -1.10. The number of aliphatic carboxylic acids is 1. The monoisotopic (exact) mass is 417 g/mol. The molecule has 1 aromatic carbocycles. The molecule has 0 saturated heterocycles. The highest BCUT2D eigenvalue weighted by Crippen LogP contribution is 2.37. The summed E-state index contributed by atoms with van der Waals surface area (Å²) in [4.78, 5) is 34.6. The lowest BCUT2D eigenvalue weighted by Gasteiger charge is -2.15. The van der Waals surface area contributed by atoms with Crippen LogP contribution in [-0.4, -0.2) is 42.7 Å². The van der Waals surface area contributed by atoms with E-state index in [0.717, 1.165) is 27.7 Å². The van der Waals surface area contributed by atoms with Crippen molar-refractivity contribution in [3.8, 4) is 5.75 Å². The van der Waals surface area contributed by atoms with Crippen molar-refractivity contribution in [2.45, 2.75) is 39.7 Å². The second kappa shape index (κ2) is 9.82. The zero-order chi connectivity index (χ0) is 22.4. The quantitative estimate of drug-likeness (QED) is 0.364. The van der Waals surface area contributed by atoms with Crippen molar-refractivity contribution in [3.05, 3.63) is 35.1 Å². The molecule has 0 aliphatic carbocycles. The van der Waals surface area contributed by atoms with Crippen LogP contribution in [0.1, 0.15) is 36.5 Å². The Morgan fingerprint density at radius 1 is 1.33 bits per heavy atom. The van der Waals surface area contributed by atoms with Gasteiger partial charge in [-0.3, -0.25) is 4.79 Å². The van der Waals surface area contributed by atoms with E-state index in [1.807, 2.05) is 19.9 Å². The number of urea groups is 1. The van der Waals surface area contributed by atoms with Crippen LogP contribution in [0.15, 0.2) is 22.8 Å². The number of hydrogen-bond donors (Lipinski definition) is 4. The zero-order valence-electron chi connectivity index (χ0n) is 17.5. The Morgan fingerprint density at radius 3 is 2.63 bits per heavy atom. The Balaban J connectivity index is 2.20. The average molecular weight is 417 g/mol. The lowest BCUT2D eigenvalue weighted by atomic mass is 9.98. The summed E-state index contributed by atoms with van der Waals surface area (Å²) in [5, 5.41) is 15.1. The third kappa shape index (κ3) is 5.31. The number of nitrogens with two attached hydrogens (primary N) is 1. The number of furan rings is 1. The number of aryl methyl sites for hydroxylation is 2. The predicted octanol–water partition coefficient (Wildman–Crippen LogP) is 2.48. The molecule has 2 rings (SSSR count). The molecule has 0 spiro atoms. The number of primary amides is 1. The van der Waals surface area contributed by atoms with Crippen LogP contribution < -0.4 is 21.1 Å². The number of benzene rings is 1. The minimum absolute atomic E-state index is 0.150. The first-order chi connectivity index (χ1) is 14.1. The van der Waals surface area contributed by atoms with Gasteiger partial charge in [0, 0.05) is 29.1 Å². The Labute approximate surface area is 174 Å². The summed E-state index contributed by atoms with van der Waals surface area (Å²) < 4.78 is 11.1. The zero-order valence-corrected chi connectivity index (χ0v) is 17.5. The summed E-state index contributed by atoms with van der Waals surface area (Å²) in [5.41, 5.74) is 8.82. The molecule has 0 fully saturated rings. The minimum Gasteiger partial charge on any atom is -0.496 e. The molecule has 0 radical (unpaired) electrons. The molecule has 1 heterocycles. The van der Waals surface area contributed by atoms with Gasteiger partial charge in [0.25, 0.3) is 0 Å². The summed E-state index contributed by atoms with van der Waals surface area (Å²) in [6, 6.07) is 0.125. The van der Waals surface area contributed by atoms with Gasteiger partial charge < -0.3 is 30.6 Å². The van der Waals surface area contributed by atoms with Gasteiger partial charge in [0.2, 0.25) is 5.91 Å². The van der Waals surface area contributed by atoms with E-state index in [2.05, 4.69) is 10.6 Å². The van der Waals surface area contributed by atoms with Crippen LogP contribution in [0, 0.1) is 13.8 Å². The van der Waals surface area contributed by atoms with Crippen molar-refractivity contribution < 1.29 is 28.6 Å². The normalized spacial score (nSPS) is 12.5. The Morgan fingerprint density at radius 2 is 2.03 bits per heavy atom. The predicted molar refractivity (Wildman–Crippen MR) is 112 cm³/mol. The van der Waals surface area contributed by atoms with Gasteiger partial charge in [-0.25, -0.2) is 9.59 Å². The molecule has 0 aliphatic heterocycles. The van der Waals surface area contributed by atoms with Gasteiger partial charge in [-0.15, -0.1) is 0 Å². The fraction of sp³-hybridized carbons (Fsp3) is 0.381. The Bertz CT molecular complexity index is 992. The molecule has 0 bridgehead atoms. The van der Waals surface area contributed by atoms with E-state index in [-0.39, 0.29) is 13.0 Å². The lowest BCUT2D eigenvalue weighted by Crippen LogP contribution is -2.40. The number of hydrogen-bond acceptors (Lipinski definition) is 5. The molecule has 0 aliphatic rings. The van der Waals surface area contributed by atoms with E-state index in [4.69, 9.17) is 14.9 Å². The van der Waals surface area contributed by atoms with Crippen LogP contribution in [0.5, 0.6) is 5.75 Å². The highest BCUT2D eigenvalue weighted by atomic mass is 16.5. The first kappa shape index (κ1) is 22.8. The summed E-state index contributed by atoms with van der Waals surface area (Å²) in [6.07, 6.45) is 3.51. The van der Waals surface area contributed by atoms with Crippen LogP contribution in [-0.2, 0) is 9.59 Å². The number of fused-ring (bicyclic) bond motifs is 1. The van der Waals surface area contributed by atoms with Gasteiger partial charge in [-0.05, 0) is 50.8 Å². The van der Waals surface area contributed by atoms with E-state index in [0.29, 0.717) is 17.7 Å². The Hall–Kier alpha value is -3.49. The van der Waals surface area contributed by atoms with Crippen LogP contribution >= 0.6 is 0 Å². The second-order valence-electron chi connectivity index (χ2n) is 7.04. The lowest BCUT2D eigenvalue weighted by molar-refractivity contribution is -0.141. The number of rotatable bonds is 9. The van der Waals surface area contributed by atoms with E-state index < -0.39 is 23.9 Å². The molecule has 1 aromatic heterocycles. The minimum atomic E-state index is -1.16. The molecule has 5 N–H and O–H groups in total. The molecule has 2 aromatic rings. The maximum Gasteiger partial charge on any atom is 0.326 e. The van der Waals surface area contributed by atoms with Gasteiger partial charge in [-0.1, -0.05) is 0 Å². The maximum atomic E-state index is 12.4. The summed E-state index contributed by atoms with van der Waals surface area (Å²) >= 11 is 0. The van der Waals surface area contributed by atoms with Crippen molar-refractivity contribution >= 4 is 34.4 Å². The number of carbonyl (C=O) groups is 3. The molecule has 30 heavy (non-hydrogen) atoms. The topological polar surface area (TPSA) is 144 Å². The number of amides is 3. The van der Waals surface area contributed by atoms with Gasteiger partial charge in [-0.2, -0.15) is 0 Å². The highest BCUT2D eigenvalue weighted by molar-refractivity contribution is 5.99. The second-order valence-corrected chi connectivity index (χ2v) is 7.04. The fourth-order valence-electron chi connectivity index (χ4n) is 3.26. The van der Waals surface area contributed by atoms with Gasteiger partial charge in [0.1, 0.15) is 17.4 Å². The van der Waals surface area contributed by atoms with Crippen LogP contribution in [0.3, 0.4) is 0 Å². The first-order valence-corrected chi connectivity index (χ1v) is 9.46. The first-order valence-electron chi connectivity index (χ1n) is 9.46. The van der Waals surface area contributed by atoms with E-state index in [9.17, 15) is 19.5 Å². The standard InChI is InChI=1S/C21H27N3O6/c1-11(8-17(25)24-16(20(26)27)6-5-7-23-21(22)28)14-9-15-12(2)10-30-19(15)13(3)18(14)29-4/h8-10,16H,5-7H2,1-4H3,(H,24,25)(H,26,27)(H3,22,23,28)/b11-8+. The highest BCUT2D eigenvalue weighted by Gasteiger charge is 2.20. The van der Waals surface area contributed by atoms with Crippen LogP contribution in [0.4, 0.5) is 4.79 Å². The molecular weight excluding hydrogens is 390 g/mol. The van der Waals surface area contributed by atoms with Gasteiger partial charge in [0.15, 0.2) is 0 Å². The number of nitrogens with one attached hydrogen (secondary N) is 2. The maximum absolute atomic E-state index is 12.4. The number of allylic oxidation sites excluding steroid dienone is 1. The number of carboxylic acids is 1. The van der Waals surface area contributed by atoms with Crippen molar-refractivity contribution in [2.24, 2.45) is 5.73 Å².